The molecule has 1 saturated carbocycles. The van der Waals surface area contributed by atoms with Crippen molar-refractivity contribution in [1.29, 1.82) is 5.26 Å². The molecule has 0 saturated heterocycles. The fourth-order valence-electron chi connectivity index (χ4n) is 2.38. The first kappa shape index (κ1) is 11.5. The van der Waals surface area contributed by atoms with Crippen molar-refractivity contribution in [2.24, 2.45) is 16.7 Å². The van der Waals surface area contributed by atoms with Crippen LogP contribution in [0.15, 0.2) is 0 Å². The second kappa shape index (κ2) is 3.90. The van der Waals surface area contributed by atoms with E-state index in [0.29, 0.717) is 17.3 Å². The van der Waals surface area contributed by atoms with Crippen molar-refractivity contribution in [3.63, 3.8) is 0 Å². The van der Waals surface area contributed by atoms with Crippen LogP contribution in [0.25, 0.3) is 0 Å². The number of nitrogens with one attached hydrogen (secondary N) is 1. The van der Waals surface area contributed by atoms with Crippen LogP contribution in [0.5, 0.6) is 0 Å². The summed E-state index contributed by atoms with van der Waals surface area (Å²) in [5.74, 6) is 0.789. The number of nitrogens with zero attached hydrogens (tertiary/aromatic N) is 1. The van der Waals surface area contributed by atoms with Crippen LogP contribution in [-0.4, -0.2) is 13.1 Å². The summed E-state index contributed by atoms with van der Waals surface area (Å²) in [5.41, 5.74) is 0.963. The summed E-state index contributed by atoms with van der Waals surface area (Å²) in [7, 11) is 0. The fraction of sp³-hybridized carbons (Fsp3) is 0.917. The van der Waals surface area contributed by atoms with Crippen LogP contribution in [-0.2, 0) is 0 Å². The van der Waals surface area contributed by atoms with Gasteiger partial charge in [-0.1, -0.05) is 27.7 Å². The van der Waals surface area contributed by atoms with Gasteiger partial charge in [0.1, 0.15) is 0 Å². The lowest BCUT2D eigenvalue weighted by atomic mass is 10.0. The Morgan fingerprint density at radius 2 is 1.79 bits per heavy atom. The molecule has 1 aliphatic rings. The van der Waals surface area contributed by atoms with E-state index in [9.17, 15) is 0 Å². The highest BCUT2D eigenvalue weighted by molar-refractivity contribution is 5.12. The van der Waals surface area contributed by atoms with Gasteiger partial charge in [-0.25, -0.2) is 0 Å². The lowest BCUT2D eigenvalue weighted by molar-refractivity contribution is 0.457. The molecule has 0 aromatic carbocycles. The predicted octanol–water partition coefficient (Wildman–Crippen LogP) is 2.56. The van der Waals surface area contributed by atoms with E-state index in [1.807, 2.05) is 0 Å². The van der Waals surface area contributed by atoms with Crippen LogP contribution in [0.4, 0.5) is 0 Å². The monoisotopic (exact) mass is 194 g/mol. The maximum absolute atomic E-state index is 8.38. The van der Waals surface area contributed by atoms with Gasteiger partial charge in [0, 0.05) is 6.42 Å². The van der Waals surface area contributed by atoms with Crippen molar-refractivity contribution in [3.05, 3.63) is 0 Å². The molecule has 1 fully saturated rings. The van der Waals surface area contributed by atoms with Crippen LogP contribution < -0.4 is 5.32 Å². The number of hydrogen-bond acceptors (Lipinski definition) is 2. The quantitative estimate of drug-likeness (QED) is 0.683. The zero-order valence-electron chi connectivity index (χ0n) is 9.85. The zero-order valence-corrected chi connectivity index (χ0v) is 9.85. The van der Waals surface area contributed by atoms with Gasteiger partial charge >= 0.3 is 0 Å². The summed E-state index contributed by atoms with van der Waals surface area (Å²) in [4.78, 5) is 0. The Labute approximate surface area is 87.7 Å². The zero-order chi connectivity index (χ0) is 10.8. The first-order valence-electron chi connectivity index (χ1n) is 5.52. The highest BCUT2D eigenvalue weighted by Gasteiger charge is 2.63. The molecule has 0 amide bonds. The minimum absolute atomic E-state index is 0.481. The molecule has 80 valence electrons. The van der Waals surface area contributed by atoms with Gasteiger partial charge in [-0.3, -0.25) is 0 Å². The second-order valence-electron chi connectivity index (χ2n) is 5.46. The molecule has 14 heavy (non-hydrogen) atoms. The molecule has 0 radical (unpaired) electrons. The fourth-order valence-corrected chi connectivity index (χ4v) is 2.38. The summed E-state index contributed by atoms with van der Waals surface area (Å²) < 4.78 is 0. The Morgan fingerprint density at radius 1 is 1.21 bits per heavy atom. The summed E-state index contributed by atoms with van der Waals surface area (Å²) in [6, 6.07) is 2.16. The van der Waals surface area contributed by atoms with Gasteiger partial charge in [-0.15, -0.1) is 0 Å². The van der Waals surface area contributed by atoms with Crippen molar-refractivity contribution in [2.75, 3.05) is 13.1 Å². The number of rotatable bonds is 5. The van der Waals surface area contributed by atoms with Gasteiger partial charge < -0.3 is 5.32 Å². The standard InChI is InChI=1S/C12H22N2/c1-11(2)10(12(11,3)4)9-14-8-6-5-7-13/h10,14H,5-6,8-9H2,1-4H3. The molecular formula is C12H22N2. The van der Waals surface area contributed by atoms with Crippen molar-refractivity contribution in [3.8, 4) is 6.07 Å². The Balaban J connectivity index is 2.14. The number of nitriles is 1. The first-order chi connectivity index (χ1) is 6.44. The third kappa shape index (κ3) is 1.93. The van der Waals surface area contributed by atoms with Crippen LogP contribution in [0.1, 0.15) is 40.5 Å². The van der Waals surface area contributed by atoms with Gasteiger partial charge in [-0.2, -0.15) is 5.26 Å². The van der Waals surface area contributed by atoms with Gasteiger partial charge in [0.05, 0.1) is 6.07 Å². The molecule has 2 heteroatoms. The maximum Gasteiger partial charge on any atom is 0.0622 e. The minimum atomic E-state index is 0.481. The molecule has 0 aromatic rings. The molecule has 0 heterocycles. The topological polar surface area (TPSA) is 35.8 Å². The Bertz CT molecular complexity index is 221. The van der Waals surface area contributed by atoms with E-state index in [4.69, 9.17) is 5.26 Å². The van der Waals surface area contributed by atoms with E-state index >= 15 is 0 Å². The molecular weight excluding hydrogens is 172 g/mol. The van der Waals surface area contributed by atoms with Crippen molar-refractivity contribution in [2.45, 2.75) is 40.5 Å². The summed E-state index contributed by atoms with van der Waals surface area (Å²) >= 11 is 0. The summed E-state index contributed by atoms with van der Waals surface area (Å²) in [6.45, 7) is 11.5. The van der Waals surface area contributed by atoms with Gasteiger partial charge in [-0.05, 0) is 36.3 Å². The molecule has 1 N–H and O–H groups in total. The van der Waals surface area contributed by atoms with Crippen LogP contribution in [0, 0.1) is 28.1 Å². The molecule has 0 aromatic heterocycles. The lowest BCUT2D eigenvalue weighted by Crippen LogP contribution is -2.20. The van der Waals surface area contributed by atoms with Crippen molar-refractivity contribution >= 4 is 0 Å². The molecule has 1 aliphatic carbocycles. The molecule has 2 nitrogen and oxygen atoms in total. The van der Waals surface area contributed by atoms with Crippen molar-refractivity contribution in [1.82, 2.24) is 5.32 Å². The van der Waals surface area contributed by atoms with Gasteiger partial charge in [0.25, 0.3) is 0 Å². The number of unbranched alkanes of at least 4 members (excludes halogenated alkanes) is 1. The highest BCUT2D eigenvalue weighted by Crippen LogP contribution is 2.67. The van der Waals surface area contributed by atoms with E-state index in [1.165, 1.54) is 0 Å². The Kier molecular flexibility index (Phi) is 3.21. The normalized spacial score (nSPS) is 23.1. The van der Waals surface area contributed by atoms with Gasteiger partial charge in [0.2, 0.25) is 0 Å². The predicted molar refractivity (Wildman–Crippen MR) is 58.8 cm³/mol. The summed E-state index contributed by atoms with van der Waals surface area (Å²) in [5, 5.41) is 11.8. The lowest BCUT2D eigenvalue weighted by Gasteiger charge is -2.04. The van der Waals surface area contributed by atoms with Crippen LogP contribution >= 0.6 is 0 Å². The molecule has 0 atom stereocenters. The van der Waals surface area contributed by atoms with Crippen LogP contribution in [0.3, 0.4) is 0 Å². The van der Waals surface area contributed by atoms with Crippen molar-refractivity contribution < 1.29 is 0 Å². The highest BCUT2D eigenvalue weighted by atomic mass is 14.9. The average molecular weight is 194 g/mol. The van der Waals surface area contributed by atoms with E-state index in [0.717, 1.165) is 25.4 Å². The van der Waals surface area contributed by atoms with E-state index in [1.54, 1.807) is 0 Å². The Morgan fingerprint density at radius 3 is 2.21 bits per heavy atom. The van der Waals surface area contributed by atoms with Gasteiger partial charge in [0.15, 0.2) is 0 Å². The smallest absolute Gasteiger partial charge is 0.0622 e. The SMILES string of the molecule is CC1(C)C(CNCCCC#N)C1(C)C. The van der Waals surface area contributed by atoms with Crippen LogP contribution in [0.2, 0.25) is 0 Å². The molecule has 0 spiro atoms. The van der Waals surface area contributed by atoms with E-state index in [-0.39, 0.29) is 0 Å². The molecule has 0 unspecified atom stereocenters. The second-order valence-corrected chi connectivity index (χ2v) is 5.46. The average Bonchev–Trinajstić information content (AvgIpc) is 2.46. The minimum Gasteiger partial charge on any atom is -0.316 e. The van der Waals surface area contributed by atoms with E-state index in [2.05, 4.69) is 39.1 Å². The maximum atomic E-state index is 8.38. The molecule has 1 rings (SSSR count). The number of hydrogen-bond donors (Lipinski definition) is 1. The molecule has 0 bridgehead atoms. The largest absolute Gasteiger partial charge is 0.316 e. The third-order valence-corrected chi connectivity index (χ3v) is 4.31. The first-order valence-corrected chi connectivity index (χ1v) is 5.52. The third-order valence-electron chi connectivity index (χ3n) is 4.31. The Hall–Kier alpha value is -0.550. The summed E-state index contributed by atoms with van der Waals surface area (Å²) in [6.07, 6.45) is 1.65. The van der Waals surface area contributed by atoms with E-state index < -0.39 is 0 Å². The molecule has 0 aliphatic heterocycles.